The van der Waals surface area contributed by atoms with E-state index in [9.17, 15) is 0 Å². The molecule has 94 valence electrons. The largest absolute Gasteiger partial charge is 0.496 e. The molecule has 0 radical (unpaired) electrons. The highest BCUT2D eigenvalue weighted by molar-refractivity contribution is 5.38. The zero-order valence-electron chi connectivity index (χ0n) is 10.7. The second kappa shape index (κ2) is 5.52. The van der Waals surface area contributed by atoms with Gasteiger partial charge in [-0.15, -0.1) is 0 Å². The van der Waals surface area contributed by atoms with Crippen molar-refractivity contribution < 1.29 is 4.74 Å². The number of ether oxygens (including phenoxy) is 1. The summed E-state index contributed by atoms with van der Waals surface area (Å²) in [6.45, 7) is 2.06. The molecule has 1 aliphatic carbocycles. The summed E-state index contributed by atoms with van der Waals surface area (Å²) in [5.41, 5.74) is 5.38. The molecular formula is C14H22N2O. The van der Waals surface area contributed by atoms with Crippen molar-refractivity contribution in [2.45, 2.75) is 38.6 Å². The van der Waals surface area contributed by atoms with Crippen molar-refractivity contribution in [3.8, 4) is 5.75 Å². The molecule has 1 aromatic rings. The van der Waals surface area contributed by atoms with Gasteiger partial charge in [0, 0.05) is 6.04 Å². The maximum Gasteiger partial charge on any atom is 0.122 e. The Hall–Kier alpha value is -1.06. The fraction of sp³-hybridized carbons (Fsp3) is 0.571. The lowest BCUT2D eigenvalue weighted by Crippen LogP contribution is -2.32. The first-order valence-corrected chi connectivity index (χ1v) is 6.37. The summed E-state index contributed by atoms with van der Waals surface area (Å²) < 4.78 is 5.37. The second-order valence-corrected chi connectivity index (χ2v) is 4.92. The van der Waals surface area contributed by atoms with Crippen LogP contribution < -0.4 is 16.0 Å². The van der Waals surface area contributed by atoms with Crippen LogP contribution in [0.3, 0.4) is 0 Å². The lowest BCUT2D eigenvalue weighted by atomic mass is 9.91. The van der Waals surface area contributed by atoms with E-state index in [1.807, 2.05) is 0 Å². The Balaban J connectivity index is 2.23. The number of methoxy groups -OCH3 is 1. The summed E-state index contributed by atoms with van der Waals surface area (Å²) in [5, 5.41) is 0. The summed E-state index contributed by atoms with van der Waals surface area (Å²) in [6, 6.07) is 6.62. The molecule has 2 rings (SSSR count). The predicted molar refractivity (Wildman–Crippen MR) is 69.8 cm³/mol. The van der Waals surface area contributed by atoms with Gasteiger partial charge < -0.3 is 4.74 Å². The molecule has 0 bridgehead atoms. The van der Waals surface area contributed by atoms with E-state index in [0.29, 0.717) is 5.92 Å². The van der Waals surface area contributed by atoms with Crippen LogP contribution in [0.15, 0.2) is 18.2 Å². The highest BCUT2D eigenvalue weighted by Crippen LogP contribution is 2.36. The molecule has 0 aromatic heterocycles. The number of nitrogens with two attached hydrogens (primary N) is 1. The lowest BCUT2D eigenvalue weighted by molar-refractivity contribution is 0.369. The molecule has 1 unspecified atom stereocenters. The first-order chi connectivity index (χ1) is 8.26. The summed E-state index contributed by atoms with van der Waals surface area (Å²) in [5.74, 6) is 7.33. The lowest BCUT2D eigenvalue weighted by Gasteiger charge is -2.23. The van der Waals surface area contributed by atoms with E-state index in [1.54, 1.807) is 7.11 Å². The van der Waals surface area contributed by atoms with Crippen LogP contribution in [0.5, 0.6) is 5.75 Å². The molecule has 3 heteroatoms. The number of hydrogen-bond donors (Lipinski definition) is 2. The fourth-order valence-electron chi connectivity index (χ4n) is 2.83. The Bertz CT molecular complexity index is 372. The van der Waals surface area contributed by atoms with Crippen molar-refractivity contribution in [2.75, 3.05) is 7.11 Å². The van der Waals surface area contributed by atoms with Crippen molar-refractivity contribution >= 4 is 0 Å². The minimum absolute atomic E-state index is 0.256. The van der Waals surface area contributed by atoms with Gasteiger partial charge in [0.05, 0.1) is 7.11 Å². The van der Waals surface area contributed by atoms with Crippen LogP contribution in [0.4, 0.5) is 0 Å². The van der Waals surface area contributed by atoms with Crippen LogP contribution in [0.2, 0.25) is 0 Å². The Morgan fingerprint density at radius 3 is 2.65 bits per heavy atom. The molecule has 1 aliphatic rings. The van der Waals surface area contributed by atoms with E-state index in [0.717, 1.165) is 5.75 Å². The maximum atomic E-state index is 5.72. The van der Waals surface area contributed by atoms with Gasteiger partial charge in [-0.3, -0.25) is 11.3 Å². The third-order valence-electron chi connectivity index (χ3n) is 3.84. The van der Waals surface area contributed by atoms with Gasteiger partial charge in [-0.2, -0.15) is 0 Å². The first-order valence-electron chi connectivity index (χ1n) is 6.37. The van der Waals surface area contributed by atoms with Gasteiger partial charge in [0.15, 0.2) is 0 Å². The molecule has 1 fully saturated rings. The summed E-state index contributed by atoms with van der Waals surface area (Å²) in [6.07, 6.45) is 5.19. The Morgan fingerprint density at radius 2 is 2.06 bits per heavy atom. The number of rotatable bonds is 4. The van der Waals surface area contributed by atoms with Gasteiger partial charge in [0.1, 0.15) is 5.75 Å². The fourth-order valence-corrected chi connectivity index (χ4v) is 2.83. The van der Waals surface area contributed by atoms with Crippen LogP contribution in [0.1, 0.15) is 42.9 Å². The van der Waals surface area contributed by atoms with Crippen LogP contribution in [-0.2, 0) is 0 Å². The van der Waals surface area contributed by atoms with E-state index in [2.05, 4.69) is 30.5 Å². The van der Waals surface area contributed by atoms with E-state index < -0.39 is 0 Å². The van der Waals surface area contributed by atoms with Crippen molar-refractivity contribution in [3.05, 3.63) is 29.3 Å². The minimum atomic E-state index is 0.256. The Morgan fingerprint density at radius 1 is 1.35 bits per heavy atom. The van der Waals surface area contributed by atoms with Crippen LogP contribution in [0, 0.1) is 12.8 Å². The first kappa shape index (κ1) is 12.4. The third kappa shape index (κ3) is 2.61. The minimum Gasteiger partial charge on any atom is -0.496 e. The van der Waals surface area contributed by atoms with Crippen LogP contribution >= 0.6 is 0 Å². The van der Waals surface area contributed by atoms with Crippen molar-refractivity contribution in [3.63, 3.8) is 0 Å². The normalized spacial score (nSPS) is 18.3. The number of hydrogen-bond acceptors (Lipinski definition) is 3. The molecule has 1 aromatic carbocycles. The average molecular weight is 234 g/mol. The molecule has 1 saturated carbocycles. The number of nitrogens with one attached hydrogen (secondary N) is 1. The van der Waals surface area contributed by atoms with Crippen molar-refractivity contribution in [2.24, 2.45) is 11.8 Å². The molecule has 0 aliphatic heterocycles. The van der Waals surface area contributed by atoms with Gasteiger partial charge in [-0.1, -0.05) is 25.0 Å². The van der Waals surface area contributed by atoms with E-state index in [-0.39, 0.29) is 6.04 Å². The summed E-state index contributed by atoms with van der Waals surface area (Å²) in [7, 11) is 1.71. The van der Waals surface area contributed by atoms with E-state index in [4.69, 9.17) is 10.6 Å². The van der Waals surface area contributed by atoms with Gasteiger partial charge in [-0.25, -0.2) is 0 Å². The molecule has 17 heavy (non-hydrogen) atoms. The smallest absolute Gasteiger partial charge is 0.122 e. The van der Waals surface area contributed by atoms with Gasteiger partial charge in [0.2, 0.25) is 0 Å². The Labute approximate surface area is 103 Å². The third-order valence-corrected chi connectivity index (χ3v) is 3.84. The second-order valence-electron chi connectivity index (χ2n) is 4.92. The standard InChI is InChI=1S/C14H22N2O/c1-10-7-8-12(9-13(10)17-2)14(16-15)11-5-3-4-6-11/h7-9,11,14,16H,3-6,15H2,1-2H3. The number of benzene rings is 1. The molecule has 1 atom stereocenters. The predicted octanol–water partition coefficient (Wildman–Crippen LogP) is 2.70. The monoisotopic (exact) mass is 234 g/mol. The quantitative estimate of drug-likeness (QED) is 0.622. The highest BCUT2D eigenvalue weighted by atomic mass is 16.5. The molecule has 3 N–H and O–H groups in total. The molecule has 0 amide bonds. The number of hydrazine groups is 1. The highest BCUT2D eigenvalue weighted by Gasteiger charge is 2.25. The van der Waals surface area contributed by atoms with Crippen molar-refractivity contribution in [1.82, 2.24) is 5.43 Å². The van der Waals surface area contributed by atoms with Crippen molar-refractivity contribution in [1.29, 1.82) is 0 Å². The number of aryl methyl sites for hydroxylation is 1. The maximum absolute atomic E-state index is 5.72. The van der Waals surface area contributed by atoms with E-state index in [1.165, 1.54) is 36.8 Å². The SMILES string of the molecule is COc1cc(C(NN)C2CCCC2)ccc1C. The molecule has 3 nitrogen and oxygen atoms in total. The zero-order valence-corrected chi connectivity index (χ0v) is 10.7. The van der Waals surface area contributed by atoms with Crippen LogP contribution in [0.25, 0.3) is 0 Å². The molecule has 0 spiro atoms. The summed E-state index contributed by atoms with van der Waals surface area (Å²) in [4.78, 5) is 0. The van der Waals surface area contributed by atoms with Gasteiger partial charge in [0.25, 0.3) is 0 Å². The molecular weight excluding hydrogens is 212 g/mol. The Kier molecular flexibility index (Phi) is 4.02. The summed E-state index contributed by atoms with van der Waals surface area (Å²) >= 11 is 0. The topological polar surface area (TPSA) is 47.3 Å². The molecule has 0 saturated heterocycles. The van der Waals surface area contributed by atoms with Gasteiger partial charge in [-0.05, 0) is 42.9 Å². The van der Waals surface area contributed by atoms with E-state index >= 15 is 0 Å². The zero-order chi connectivity index (χ0) is 12.3. The van der Waals surface area contributed by atoms with Gasteiger partial charge >= 0.3 is 0 Å². The molecule has 0 heterocycles. The van der Waals surface area contributed by atoms with Crippen LogP contribution in [-0.4, -0.2) is 7.11 Å². The average Bonchev–Trinajstić information content (AvgIpc) is 2.86.